The van der Waals surface area contributed by atoms with Crippen molar-refractivity contribution in [3.63, 3.8) is 0 Å². The molecule has 1 heterocycles. The Balaban J connectivity index is 1.87. The molecule has 2 rings (SSSR count). The third-order valence-corrected chi connectivity index (χ3v) is 2.77. The molecule has 1 aliphatic rings. The van der Waals surface area contributed by atoms with Gasteiger partial charge in [-0.1, -0.05) is 12.1 Å². The molecule has 0 aromatic heterocycles. The molecule has 1 amide bonds. The van der Waals surface area contributed by atoms with Gasteiger partial charge in [-0.3, -0.25) is 9.69 Å². The van der Waals surface area contributed by atoms with Crippen molar-refractivity contribution >= 4 is 11.6 Å². The van der Waals surface area contributed by atoms with Crippen LogP contribution in [-0.2, 0) is 4.74 Å². The summed E-state index contributed by atoms with van der Waals surface area (Å²) in [5.41, 5.74) is 6.77. The van der Waals surface area contributed by atoms with E-state index in [0.717, 1.165) is 26.3 Å². The Labute approximate surface area is 101 Å². The Hall–Kier alpha value is -1.59. The monoisotopic (exact) mass is 235 g/mol. The number of para-hydroxylation sites is 1. The highest BCUT2D eigenvalue weighted by Gasteiger charge is 2.13. The first-order chi connectivity index (χ1) is 8.27. The maximum absolute atomic E-state index is 11.9. The lowest BCUT2D eigenvalue weighted by molar-refractivity contribution is 0.0334. The quantitative estimate of drug-likeness (QED) is 0.739. The molecule has 1 aromatic carbocycles. The van der Waals surface area contributed by atoms with E-state index in [1.807, 2.05) is 6.07 Å². The fourth-order valence-corrected chi connectivity index (χ4v) is 1.74. The number of rotatable bonds is 3. The molecule has 0 aliphatic carbocycles. The molecule has 3 N–H and O–H groups in total. The lowest BCUT2D eigenvalue weighted by atomic mass is 10.2. The van der Waals surface area contributed by atoms with Crippen LogP contribution in [-0.4, -0.2) is 43.8 Å². The Bertz CT molecular complexity index is 389. The summed E-state index contributed by atoms with van der Waals surface area (Å²) in [7, 11) is 0. The van der Waals surface area contributed by atoms with Gasteiger partial charge in [0, 0.05) is 18.8 Å². The molecular weight excluding hydrogens is 218 g/mol. The van der Waals surface area contributed by atoms with Gasteiger partial charge in [0.15, 0.2) is 0 Å². The van der Waals surface area contributed by atoms with Crippen molar-refractivity contribution < 1.29 is 9.53 Å². The summed E-state index contributed by atoms with van der Waals surface area (Å²) in [5, 5.41) is 2.86. The van der Waals surface area contributed by atoms with Crippen LogP contribution >= 0.6 is 0 Å². The molecule has 0 saturated carbocycles. The van der Waals surface area contributed by atoms with Gasteiger partial charge in [0.05, 0.1) is 25.4 Å². The number of nitrogens with two attached hydrogens (primary N) is 1. The zero-order valence-corrected chi connectivity index (χ0v) is 9.69. The molecule has 0 atom stereocenters. The number of nitrogen functional groups attached to an aromatic ring is 1. The summed E-state index contributed by atoms with van der Waals surface area (Å²) in [6, 6.07) is 7.07. The predicted octanol–water partition coefficient (Wildman–Crippen LogP) is 0.288. The number of nitrogens with one attached hydrogen (secondary N) is 1. The Morgan fingerprint density at radius 2 is 2.06 bits per heavy atom. The minimum absolute atomic E-state index is 0.130. The summed E-state index contributed by atoms with van der Waals surface area (Å²) < 4.78 is 5.24. The third kappa shape index (κ3) is 3.18. The number of anilines is 1. The third-order valence-electron chi connectivity index (χ3n) is 2.77. The molecule has 17 heavy (non-hydrogen) atoms. The van der Waals surface area contributed by atoms with Crippen LogP contribution in [0.2, 0.25) is 0 Å². The SMILES string of the molecule is Nc1ccccc1C(=O)NCN1CCOCC1. The molecule has 92 valence electrons. The van der Waals surface area contributed by atoms with Gasteiger partial charge in [0.2, 0.25) is 0 Å². The maximum atomic E-state index is 11.9. The molecular formula is C12H17N3O2. The lowest BCUT2D eigenvalue weighted by Crippen LogP contribution is -2.43. The lowest BCUT2D eigenvalue weighted by Gasteiger charge is -2.26. The largest absolute Gasteiger partial charge is 0.398 e. The van der Waals surface area contributed by atoms with Crippen molar-refractivity contribution in [3.8, 4) is 0 Å². The molecule has 1 aromatic rings. The van der Waals surface area contributed by atoms with Gasteiger partial charge in [-0.15, -0.1) is 0 Å². The van der Waals surface area contributed by atoms with E-state index in [0.29, 0.717) is 17.9 Å². The fourth-order valence-electron chi connectivity index (χ4n) is 1.74. The van der Waals surface area contributed by atoms with Crippen LogP contribution in [0.15, 0.2) is 24.3 Å². The number of hydrogen-bond acceptors (Lipinski definition) is 4. The van der Waals surface area contributed by atoms with E-state index in [4.69, 9.17) is 10.5 Å². The summed E-state index contributed by atoms with van der Waals surface area (Å²) in [5.74, 6) is -0.130. The normalized spacial score (nSPS) is 16.7. The molecule has 0 bridgehead atoms. The van der Waals surface area contributed by atoms with E-state index >= 15 is 0 Å². The van der Waals surface area contributed by atoms with Crippen molar-refractivity contribution in [3.05, 3.63) is 29.8 Å². The van der Waals surface area contributed by atoms with Crippen molar-refractivity contribution in [2.45, 2.75) is 0 Å². The second kappa shape index (κ2) is 5.65. The first kappa shape index (κ1) is 11.9. The summed E-state index contributed by atoms with van der Waals surface area (Å²) in [4.78, 5) is 14.0. The molecule has 5 heteroatoms. The van der Waals surface area contributed by atoms with Crippen molar-refractivity contribution in [1.29, 1.82) is 0 Å². The van der Waals surface area contributed by atoms with Gasteiger partial charge < -0.3 is 15.8 Å². The number of ether oxygens (including phenoxy) is 1. The Morgan fingerprint density at radius 3 is 2.76 bits per heavy atom. The van der Waals surface area contributed by atoms with Crippen LogP contribution in [0.4, 0.5) is 5.69 Å². The second-order valence-corrected chi connectivity index (χ2v) is 3.98. The van der Waals surface area contributed by atoms with Crippen molar-refractivity contribution in [1.82, 2.24) is 10.2 Å². The van der Waals surface area contributed by atoms with Crippen molar-refractivity contribution in [2.24, 2.45) is 0 Å². The van der Waals surface area contributed by atoms with Crippen LogP contribution in [0.25, 0.3) is 0 Å². The van der Waals surface area contributed by atoms with E-state index in [1.54, 1.807) is 18.2 Å². The molecule has 0 unspecified atom stereocenters. The topological polar surface area (TPSA) is 67.6 Å². The minimum atomic E-state index is -0.130. The van der Waals surface area contributed by atoms with E-state index < -0.39 is 0 Å². The average Bonchev–Trinajstić information content (AvgIpc) is 2.38. The Morgan fingerprint density at radius 1 is 1.35 bits per heavy atom. The molecule has 1 saturated heterocycles. The van der Waals surface area contributed by atoms with Crippen molar-refractivity contribution in [2.75, 3.05) is 38.7 Å². The molecule has 0 spiro atoms. The van der Waals surface area contributed by atoms with Crippen LogP contribution < -0.4 is 11.1 Å². The number of amides is 1. The van der Waals surface area contributed by atoms with Gasteiger partial charge in [0.1, 0.15) is 0 Å². The molecule has 5 nitrogen and oxygen atoms in total. The van der Waals surface area contributed by atoms with Crippen LogP contribution in [0.1, 0.15) is 10.4 Å². The number of carbonyl (C=O) groups excluding carboxylic acids is 1. The zero-order chi connectivity index (χ0) is 12.1. The van der Waals surface area contributed by atoms with E-state index in [2.05, 4.69) is 10.2 Å². The number of carbonyl (C=O) groups is 1. The van der Waals surface area contributed by atoms with E-state index in [-0.39, 0.29) is 5.91 Å². The molecule has 1 aliphatic heterocycles. The van der Waals surface area contributed by atoms with E-state index in [9.17, 15) is 4.79 Å². The Kier molecular flexibility index (Phi) is 3.95. The number of morpholine rings is 1. The van der Waals surface area contributed by atoms with Gasteiger partial charge in [-0.25, -0.2) is 0 Å². The second-order valence-electron chi connectivity index (χ2n) is 3.98. The van der Waals surface area contributed by atoms with E-state index in [1.165, 1.54) is 0 Å². The predicted molar refractivity (Wildman–Crippen MR) is 65.6 cm³/mol. The molecule has 0 radical (unpaired) electrons. The van der Waals surface area contributed by atoms with Gasteiger partial charge >= 0.3 is 0 Å². The highest BCUT2D eigenvalue weighted by atomic mass is 16.5. The summed E-state index contributed by atoms with van der Waals surface area (Å²) in [6.45, 7) is 3.69. The van der Waals surface area contributed by atoms with Crippen LogP contribution in [0.5, 0.6) is 0 Å². The minimum Gasteiger partial charge on any atom is -0.398 e. The average molecular weight is 235 g/mol. The van der Waals surface area contributed by atoms with Gasteiger partial charge in [-0.2, -0.15) is 0 Å². The van der Waals surface area contributed by atoms with Crippen LogP contribution in [0.3, 0.4) is 0 Å². The standard InChI is InChI=1S/C12H17N3O2/c13-11-4-2-1-3-10(11)12(16)14-9-15-5-7-17-8-6-15/h1-4H,5-9,13H2,(H,14,16). The first-order valence-electron chi connectivity index (χ1n) is 5.70. The number of hydrogen-bond donors (Lipinski definition) is 2. The zero-order valence-electron chi connectivity index (χ0n) is 9.69. The summed E-state index contributed by atoms with van der Waals surface area (Å²) >= 11 is 0. The summed E-state index contributed by atoms with van der Waals surface area (Å²) in [6.07, 6.45) is 0. The highest BCUT2D eigenvalue weighted by molar-refractivity contribution is 5.98. The first-order valence-corrected chi connectivity index (χ1v) is 5.70. The van der Waals surface area contributed by atoms with Gasteiger partial charge in [0.25, 0.3) is 5.91 Å². The highest BCUT2D eigenvalue weighted by Crippen LogP contribution is 2.09. The van der Waals surface area contributed by atoms with Crippen LogP contribution in [0, 0.1) is 0 Å². The smallest absolute Gasteiger partial charge is 0.254 e. The maximum Gasteiger partial charge on any atom is 0.254 e. The van der Waals surface area contributed by atoms with Gasteiger partial charge in [-0.05, 0) is 12.1 Å². The fraction of sp³-hybridized carbons (Fsp3) is 0.417. The number of benzene rings is 1. The molecule has 1 fully saturated rings. The number of nitrogens with zero attached hydrogens (tertiary/aromatic N) is 1.